The summed E-state index contributed by atoms with van der Waals surface area (Å²) in [6.45, 7) is 5.01. The number of fused-ring (bicyclic) bond motifs is 1. The van der Waals surface area contributed by atoms with E-state index in [-0.39, 0.29) is 16.5 Å². The molecule has 1 fully saturated rings. The lowest BCUT2D eigenvalue weighted by molar-refractivity contribution is -0.132. The van der Waals surface area contributed by atoms with Crippen LogP contribution in [0, 0.1) is 6.92 Å². The number of ether oxygens (including phenoxy) is 3. The summed E-state index contributed by atoms with van der Waals surface area (Å²) in [5.41, 5.74) is 4.16. The second-order valence-corrected chi connectivity index (χ2v) is 15.0. The number of thioether (sulfide) groups is 1. The number of anilines is 1. The van der Waals surface area contributed by atoms with Gasteiger partial charge >= 0.3 is 5.91 Å². The number of aliphatic hydroxyl groups excluding tert-OH is 1. The Morgan fingerprint density at radius 2 is 1.63 bits per heavy atom. The highest BCUT2D eigenvalue weighted by Gasteiger charge is 2.48. The number of methoxy groups -OCH3 is 1. The molecule has 1 saturated heterocycles. The first kappa shape index (κ1) is 36.7. The number of nitrogens with zero attached hydrogens (tertiary/aromatic N) is 3. The summed E-state index contributed by atoms with van der Waals surface area (Å²) in [5, 5.41) is 23.2. The standard InChI is InChI=1S/C43H39N3O6S2/c1-4-5-23-51-35-22-19-30(24-36(35)50-3)38-37(39(47)29-17-20-33(21-18-29)52-25-31-13-7-6-11-27(31)2)40(48)41(49)46(38)42-44-45-43(54-42)53-26-32-15-10-14-28-12-8-9-16-34(28)32/h6-22,24,38,47H,4-5,23,25-26H2,1-3H3. The Morgan fingerprint density at radius 1 is 0.870 bits per heavy atom. The third-order valence-electron chi connectivity index (χ3n) is 9.32. The van der Waals surface area contributed by atoms with Crippen molar-refractivity contribution < 1.29 is 28.9 Å². The summed E-state index contributed by atoms with van der Waals surface area (Å²) in [4.78, 5) is 29.2. The van der Waals surface area contributed by atoms with E-state index in [9.17, 15) is 14.7 Å². The van der Waals surface area contributed by atoms with E-state index in [4.69, 9.17) is 14.2 Å². The molecule has 2 heterocycles. The minimum atomic E-state index is -1.02. The molecule has 1 atom stereocenters. The molecule has 1 unspecified atom stereocenters. The third kappa shape index (κ3) is 7.69. The number of carbonyl (C=O) groups excluding carboxylic acids is 2. The van der Waals surface area contributed by atoms with Gasteiger partial charge in [0.05, 0.1) is 25.3 Å². The zero-order valence-electron chi connectivity index (χ0n) is 30.2. The second kappa shape index (κ2) is 16.6. The van der Waals surface area contributed by atoms with E-state index in [1.165, 1.54) is 35.1 Å². The number of aromatic nitrogens is 2. The molecule has 1 aromatic heterocycles. The summed E-state index contributed by atoms with van der Waals surface area (Å²) < 4.78 is 18.3. The van der Waals surface area contributed by atoms with Gasteiger partial charge in [0.2, 0.25) is 5.13 Å². The molecule has 5 aromatic carbocycles. The fourth-order valence-electron chi connectivity index (χ4n) is 6.36. The number of aryl methyl sites for hydroxylation is 1. The van der Waals surface area contributed by atoms with Gasteiger partial charge < -0.3 is 19.3 Å². The maximum absolute atomic E-state index is 14.0. The van der Waals surface area contributed by atoms with Crippen molar-refractivity contribution in [2.45, 2.75) is 49.4 Å². The maximum Gasteiger partial charge on any atom is 0.301 e. The lowest BCUT2D eigenvalue weighted by Gasteiger charge is -2.23. The van der Waals surface area contributed by atoms with Crippen molar-refractivity contribution in [2.24, 2.45) is 0 Å². The predicted octanol–water partition coefficient (Wildman–Crippen LogP) is 9.68. The lowest BCUT2D eigenvalue weighted by atomic mass is 9.95. The molecular weight excluding hydrogens is 719 g/mol. The van der Waals surface area contributed by atoms with Crippen LogP contribution in [0.1, 0.15) is 53.6 Å². The van der Waals surface area contributed by atoms with Crippen molar-refractivity contribution in [3.63, 3.8) is 0 Å². The number of hydrogen-bond acceptors (Lipinski definition) is 10. The zero-order valence-corrected chi connectivity index (χ0v) is 31.8. The first-order valence-corrected chi connectivity index (χ1v) is 19.5. The molecule has 0 saturated carbocycles. The Morgan fingerprint density at radius 3 is 2.43 bits per heavy atom. The van der Waals surface area contributed by atoms with Crippen LogP contribution in [0.5, 0.6) is 17.2 Å². The zero-order chi connectivity index (χ0) is 37.6. The molecule has 1 amide bonds. The first-order chi connectivity index (χ1) is 26.4. The van der Waals surface area contributed by atoms with Gasteiger partial charge in [-0.3, -0.25) is 14.5 Å². The summed E-state index contributed by atoms with van der Waals surface area (Å²) in [5.74, 6) is 0.244. The minimum absolute atomic E-state index is 0.0737. The van der Waals surface area contributed by atoms with Gasteiger partial charge in [0.25, 0.3) is 5.78 Å². The Bertz CT molecular complexity index is 2330. The van der Waals surface area contributed by atoms with E-state index in [0.29, 0.717) is 51.7 Å². The number of ketones is 1. The van der Waals surface area contributed by atoms with Crippen LogP contribution >= 0.6 is 23.1 Å². The topological polar surface area (TPSA) is 111 Å². The molecule has 1 aliphatic rings. The van der Waals surface area contributed by atoms with E-state index >= 15 is 0 Å². The number of rotatable bonds is 14. The maximum atomic E-state index is 14.0. The molecule has 54 heavy (non-hydrogen) atoms. The van der Waals surface area contributed by atoms with Crippen molar-refractivity contribution in [2.75, 3.05) is 18.6 Å². The first-order valence-electron chi connectivity index (χ1n) is 17.7. The van der Waals surface area contributed by atoms with Gasteiger partial charge in [0.15, 0.2) is 15.8 Å². The Kier molecular flexibility index (Phi) is 11.3. The number of hydrogen-bond donors (Lipinski definition) is 1. The van der Waals surface area contributed by atoms with Crippen molar-refractivity contribution in [3.05, 3.63) is 143 Å². The van der Waals surface area contributed by atoms with Crippen molar-refractivity contribution >= 4 is 56.5 Å². The van der Waals surface area contributed by atoms with Crippen molar-refractivity contribution in [1.29, 1.82) is 0 Å². The molecule has 9 nitrogen and oxygen atoms in total. The SMILES string of the molecule is CCCCOc1ccc(C2C(=C(O)c3ccc(OCc4ccccc4C)cc3)C(=O)C(=O)N2c2nnc(SCc3cccc4ccccc34)s2)cc1OC. The second-order valence-electron chi connectivity index (χ2n) is 12.8. The van der Waals surface area contributed by atoms with Crippen molar-refractivity contribution in [1.82, 2.24) is 10.2 Å². The fourth-order valence-corrected chi connectivity index (χ4v) is 8.23. The molecule has 0 radical (unpaired) electrons. The van der Waals surface area contributed by atoms with Gasteiger partial charge in [-0.1, -0.05) is 109 Å². The van der Waals surface area contributed by atoms with Crippen LogP contribution in [0.3, 0.4) is 0 Å². The number of unbranched alkanes of at least 4 members (excludes halogenated alkanes) is 1. The molecule has 7 rings (SSSR count). The van der Waals surface area contributed by atoms with Gasteiger partial charge in [-0.25, -0.2) is 0 Å². The van der Waals surface area contributed by atoms with Crippen LogP contribution in [-0.2, 0) is 21.9 Å². The summed E-state index contributed by atoms with van der Waals surface area (Å²) in [7, 11) is 1.54. The third-order valence-corrected chi connectivity index (χ3v) is 11.4. The molecule has 6 aromatic rings. The van der Waals surface area contributed by atoms with Gasteiger partial charge in [-0.15, -0.1) is 10.2 Å². The van der Waals surface area contributed by atoms with E-state index in [0.717, 1.165) is 40.3 Å². The highest BCUT2D eigenvalue weighted by molar-refractivity contribution is 8.00. The predicted molar refractivity (Wildman–Crippen MR) is 214 cm³/mol. The van der Waals surface area contributed by atoms with E-state index < -0.39 is 17.7 Å². The summed E-state index contributed by atoms with van der Waals surface area (Å²) in [6.07, 6.45) is 1.84. The molecule has 0 bridgehead atoms. The molecule has 0 aliphatic carbocycles. The average molecular weight is 758 g/mol. The van der Waals surface area contributed by atoms with Crippen molar-refractivity contribution in [3.8, 4) is 17.2 Å². The normalized spacial score (nSPS) is 15.2. The molecule has 274 valence electrons. The van der Waals surface area contributed by atoms with E-state index in [1.807, 2.05) is 49.4 Å². The Balaban J connectivity index is 1.22. The van der Waals surface area contributed by atoms with Gasteiger partial charge in [-0.05, 0) is 82.8 Å². The molecule has 11 heteroatoms. The molecule has 0 spiro atoms. The average Bonchev–Trinajstić information content (AvgIpc) is 3.78. The lowest BCUT2D eigenvalue weighted by Crippen LogP contribution is -2.29. The van der Waals surface area contributed by atoms with E-state index in [1.54, 1.807) is 42.5 Å². The number of Topliss-reactive ketones (excluding diaryl/α,β-unsaturated/α-hetero) is 1. The molecular formula is C43H39N3O6S2. The van der Waals surface area contributed by atoms with Gasteiger partial charge in [0.1, 0.15) is 18.1 Å². The Labute approximate surface area is 322 Å². The number of carbonyl (C=O) groups is 2. The number of amides is 1. The smallest absolute Gasteiger partial charge is 0.301 e. The van der Waals surface area contributed by atoms with Crippen LogP contribution in [0.15, 0.2) is 119 Å². The highest BCUT2D eigenvalue weighted by atomic mass is 32.2. The quantitative estimate of drug-likeness (QED) is 0.0290. The van der Waals surface area contributed by atoms with Crippen LogP contribution in [-0.4, -0.2) is 40.7 Å². The summed E-state index contributed by atoms with van der Waals surface area (Å²) >= 11 is 2.72. The number of aliphatic hydroxyl groups is 1. The monoisotopic (exact) mass is 757 g/mol. The van der Waals surface area contributed by atoms with Crippen LogP contribution in [0.4, 0.5) is 5.13 Å². The highest BCUT2D eigenvalue weighted by Crippen LogP contribution is 2.46. The van der Waals surface area contributed by atoms with Gasteiger partial charge in [-0.2, -0.15) is 0 Å². The van der Waals surface area contributed by atoms with E-state index in [2.05, 4.69) is 41.4 Å². The number of benzene rings is 5. The fraction of sp³-hybridized carbons (Fsp3) is 0.209. The summed E-state index contributed by atoms with van der Waals surface area (Å²) in [6, 6.07) is 33.4. The van der Waals surface area contributed by atoms with Crippen LogP contribution in [0.25, 0.3) is 16.5 Å². The Hall–Kier alpha value is -5.65. The van der Waals surface area contributed by atoms with Crippen LogP contribution < -0.4 is 19.1 Å². The minimum Gasteiger partial charge on any atom is -0.507 e. The van der Waals surface area contributed by atoms with Gasteiger partial charge in [0, 0.05) is 11.3 Å². The molecule has 1 N–H and O–H groups in total. The van der Waals surface area contributed by atoms with Crippen LogP contribution in [0.2, 0.25) is 0 Å². The molecule has 1 aliphatic heterocycles. The largest absolute Gasteiger partial charge is 0.507 e.